The van der Waals surface area contributed by atoms with Crippen LogP contribution in [0.5, 0.6) is 0 Å². The molecule has 4 heteroatoms. The molecule has 0 radical (unpaired) electrons. The Balaban J connectivity index is 2.52. The van der Waals surface area contributed by atoms with E-state index in [0.29, 0.717) is 12.8 Å². The van der Waals surface area contributed by atoms with Gasteiger partial charge in [-0.15, -0.1) is 0 Å². The number of aliphatic hydroxyl groups excluding tert-OH is 3. The van der Waals surface area contributed by atoms with Crippen LogP contribution >= 0.6 is 0 Å². The molecule has 1 fully saturated rings. The van der Waals surface area contributed by atoms with E-state index in [1.54, 1.807) is 0 Å². The van der Waals surface area contributed by atoms with Crippen molar-refractivity contribution in [2.45, 2.75) is 31.2 Å². The zero-order valence-corrected chi connectivity index (χ0v) is 7.18. The van der Waals surface area contributed by atoms with Gasteiger partial charge in [0, 0.05) is 13.7 Å². The molecule has 0 aromatic heterocycles. The summed E-state index contributed by atoms with van der Waals surface area (Å²) in [5.41, 5.74) is 0. The first-order valence-electron chi connectivity index (χ1n) is 4.18. The zero-order valence-electron chi connectivity index (χ0n) is 7.18. The van der Waals surface area contributed by atoms with E-state index in [0.717, 1.165) is 0 Å². The Labute approximate surface area is 71.8 Å². The third kappa shape index (κ3) is 1.95. The lowest BCUT2D eigenvalue weighted by molar-refractivity contribution is -0.118. The molecule has 0 aromatic rings. The van der Waals surface area contributed by atoms with Crippen LogP contribution in [0.1, 0.15) is 12.8 Å². The molecule has 4 unspecified atom stereocenters. The molecule has 0 aromatic carbocycles. The van der Waals surface area contributed by atoms with Crippen LogP contribution in [0.25, 0.3) is 0 Å². The molecule has 4 nitrogen and oxygen atoms in total. The van der Waals surface area contributed by atoms with Gasteiger partial charge in [-0.2, -0.15) is 0 Å². The smallest absolute Gasteiger partial charge is 0.106 e. The number of rotatable bonds is 2. The summed E-state index contributed by atoms with van der Waals surface area (Å²) in [5, 5.41) is 27.6. The predicted octanol–water partition coefficient (Wildman–Crippen LogP) is -0.875. The highest BCUT2D eigenvalue weighted by molar-refractivity contribution is 4.86. The van der Waals surface area contributed by atoms with Crippen molar-refractivity contribution >= 4 is 0 Å². The van der Waals surface area contributed by atoms with Crippen molar-refractivity contribution in [1.82, 2.24) is 0 Å². The van der Waals surface area contributed by atoms with Crippen molar-refractivity contribution in [3.05, 3.63) is 0 Å². The van der Waals surface area contributed by atoms with Crippen molar-refractivity contribution in [3.8, 4) is 0 Å². The summed E-state index contributed by atoms with van der Waals surface area (Å²) in [6, 6.07) is 0. The van der Waals surface area contributed by atoms with E-state index >= 15 is 0 Å². The van der Waals surface area contributed by atoms with Gasteiger partial charge in [0.25, 0.3) is 0 Å². The maximum absolute atomic E-state index is 9.39. The van der Waals surface area contributed by atoms with Crippen LogP contribution in [0.15, 0.2) is 0 Å². The first-order chi connectivity index (χ1) is 5.69. The molecular formula is C8H16O4. The molecule has 0 saturated heterocycles. The SMILES string of the molecule is COC1CC(CO)CC(O)C1O. The van der Waals surface area contributed by atoms with E-state index in [2.05, 4.69) is 0 Å². The minimum Gasteiger partial charge on any atom is -0.396 e. The van der Waals surface area contributed by atoms with Gasteiger partial charge in [0.15, 0.2) is 0 Å². The first kappa shape index (κ1) is 9.92. The highest BCUT2D eigenvalue weighted by Gasteiger charge is 2.35. The molecule has 1 saturated carbocycles. The fourth-order valence-corrected chi connectivity index (χ4v) is 1.68. The lowest BCUT2D eigenvalue weighted by atomic mass is 9.84. The maximum atomic E-state index is 9.39. The largest absolute Gasteiger partial charge is 0.396 e. The maximum Gasteiger partial charge on any atom is 0.106 e. The average Bonchev–Trinajstić information content (AvgIpc) is 2.09. The molecule has 0 aliphatic heterocycles. The van der Waals surface area contributed by atoms with Gasteiger partial charge >= 0.3 is 0 Å². The molecule has 0 heterocycles. The summed E-state index contributed by atoms with van der Waals surface area (Å²) < 4.78 is 4.98. The minimum absolute atomic E-state index is 0.0453. The lowest BCUT2D eigenvalue weighted by Gasteiger charge is -2.35. The standard InChI is InChI=1S/C8H16O4/c1-12-7-3-5(4-9)2-6(10)8(7)11/h5-11H,2-4H2,1H3. The minimum atomic E-state index is -0.808. The summed E-state index contributed by atoms with van der Waals surface area (Å²) in [6.07, 6.45) is -0.840. The number of aliphatic hydroxyl groups is 3. The molecule has 3 N–H and O–H groups in total. The predicted molar refractivity (Wildman–Crippen MR) is 42.6 cm³/mol. The molecule has 72 valence electrons. The first-order valence-corrected chi connectivity index (χ1v) is 4.18. The Bertz CT molecular complexity index is 139. The molecule has 0 spiro atoms. The summed E-state index contributed by atoms with van der Waals surface area (Å²) in [5.74, 6) is 0.0494. The van der Waals surface area contributed by atoms with Crippen molar-refractivity contribution in [2.75, 3.05) is 13.7 Å². The van der Waals surface area contributed by atoms with Crippen LogP contribution in [0.2, 0.25) is 0 Å². The van der Waals surface area contributed by atoms with Gasteiger partial charge in [0.2, 0.25) is 0 Å². The van der Waals surface area contributed by atoms with Gasteiger partial charge < -0.3 is 20.1 Å². The molecule has 4 atom stereocenters. The molecular weight excluding hydrogens is 160 g/mol. The summed E-state index contributed by atoms with van der Waals surface area (Å²) in [7, 11) is 1.50. The zero-order chi connectivity index (χ0) is 9.14. The van der Waals surface area contributed by atoms with E-state index in [4.69, 9.17) is 9.84 Å². The molecule has 0 bridgehead atoms. The third-order valence-corrected chi connectivity index (χ3v) is 2.48. The summed E-state index contributed by atoms with van der Waals surface area (Å²) in [6.45, 7) is 0.0453. The third-order valence-electron chi connectivity index (χ3n) is 2.48. The lowest BCUT2D eigenvalue weighted by Crippen LogP contribution is -2.46. The number of methoxy groups -OCH3 is 1. The quantitative estimate of drug-likeness (QED) is 0.511. The highest BCUT2D eigenvalue weighted by Crippen LogP contribution is 2.26. The van der Waals surface area contributed by atoms with Crippen molar-refractivity contribution in [2.24, 2.45) is 5.92 Å². The number of ether oxygens (including phenoxy) is 1. The van der Waals surface area contributed by atoms with Crippen molar-refractivity contribution < 1.29 is 20.1 Å². The van der Waals surface area contributed by atoms with Crippen LogP contribution < -0.4 is 0 Å². The molecule has 1 aliphatic carbocycles. The molecule has 1 rings (SSSR count). The monoisotopic (exact) mass is 176 g/mol. The number of hydrogen-bond acceptors (Lipinski definition) is 4. The van der Waals surface area contributed by atoms with Gasteiger partial charge in [0.1, 0.15) is 6.10 Å². The Morgan fingerprint density at radius 2 is 2.00 bits per heavy atom. The van der Waals surface area contributed by atoms with Crippen LogP contribution in [-0.4, -0.2) is 47.3 Å². The fourth-order valence-electron chi connectivity index (χ4n) is 1.68. The van der Waals surface area contributed by atoms with Crippen LogP contribution in [0.4, 0.5) is 0 Å². The van der Waals surface area contributed by atoms with E-state index in [1.807, 2.05) is 0 Å². The number of hydrogen-bond donors (Lipinski definition) is 3. The van der Waals surface area contributed by atoms with Gasteiger partial charge in [-0.1, -0.05) is 0 Å². The van der Waals surface area contributed by atoms with Gasteiger partial charge in [0.05, 0.1) is 12.2 Å². The Hall–Kier alpha value is -0.160. The van der Waals surface area contributed by atoms with E-state index in [1.165, 1.54) is 7.11 Å². The Morgan fingerprint density at radius 1 is 1.33 bits per heavy atom. The van der Waals surface area contributed by atoms with Gasteiger partial charge in [-0.05, 0) is 18.8 Å². The molecule has 0 amide bonds. The van der Waals surface area contributed by atoms with Crippen LogP contribution in [0, 0.1) is 5.92 Å². The Morgan fingerprint density at radius 3 is 2.50 bits per heavy atom. The normalized spacial score (nSPS) is 43.0. The van der Waals surface area contributed by atoms with Gasteiger partial charge in [-0.3, -0.25) is 0 Å². The second kappa shape index (κ2) is 4.18. The van der Waals surface area contributed by atoms with Crippen LogP contribution in [-0.2, 0) is 4.74 Å². The Kier molecular flexibility index (Phi) is 3.46. The van der Waals surface area contributed by atoms with Crippen molar-refractivity contribution in [1.29, 1.82) is 0 Å². The van der Waals surface area contributed by atoms with E-state index in [9.17, 15) is 10.2 Å². The summed E-state index contributed by atoms with van der Waals surface area (Å²) >= 11 is 0. The van der Waals surface area contributed by atoms with Crippen molar-refractivity contribution in [3.63, 3.8) is 0 Å². The van der Waals surface area contributed by atoms with E-state index in [-0.39, 0.29) is 18.6 Å². The average molecular weight is 176 g/mol. The van der Waals surface area contributed by atoms with Crippen LogP contribution in [0.3, 0.4) is 0 Å². The van der Waals surface area contributed by atoms with Gasteiger partial charge in [-0.25, -0.2) is 0 Å². The fraction of sp³-hybridized carbons (Fsp3) is 1.00. The van der Waals surface area contributed by atoms with E-state index < -0.39 is 12.2 Å². The highest BCUT2D eigenvalue weighted by atomic mass is 16.5. The molecule has 12 heavy (non-hydrogen) atoms. The topological polar surface area (TPSA) is 69.9 Å². The molecule has 1 aliphatic rings. The second-order valence-corrected chi connectivity index (χ2v) is 3.35. The second-order valence-electron chi connectivity index (χ2n) is 3.35. The summed E-state index contributed by atoms with van der Waals surface area (Å²) in [4.78, 5) is 0.